The number of carbonyl (C=O) groups is 2. The second-order valence-corrected chi connectivity index (χ2v) is 7.62. The summed E-state index contributed by atoms with van der Waals surface area (Å²) in [7, 11) is 1.65. The summed E-state index contributed by atoms with van der Waals surface area (Å²) in [5.74, 6) is 0.977. The maximum atomic E-state index is 11.6. The number of rotatable bonds is 5. The van der Waals surface area contributed by atoms with Crippen molar-refractivity contribution in [3.8, 4) is 5.75 Å². The largest absolute Gasteiger partial charge is 0.497 e. The Bertz CT molecular complexity index is 801. The lowest BCUT2D eigenvalue weighted by Gasteiger charge is -2.20. The van der Waals surface area contributed by atoms with Gasteiger partial charge in [-0.1, -0.05) is 31.2 Å². The molecule has 1 fully saturated rings. The highest BCUT2D eigenvalue weighted by atomic mass is 16.5. The average molecular weight is 388 g/mol. The Hall–Kier alpha value is -2.28. The van der Waals surface area contributed by atoms with Gasteiger partial charge < -0.3 is 20.1 Å². The molecule has 0 saturated heterocycles. The zero-order valence-electron chi connectivity index (χ0n) is 16.4. The maximum Gasteiger partial charge on any atom is 0.140 e. The number of ether oxygens (including phenoxy) is 1. The molecule has 0 unspecified atom stereocenters. The minimum Gasteiger partial charge on any atom is -0.497 e. The standard InChI is InChI=1S/C17H16O3.C5H12O3/c1-20-17-5-4-11-6-12(2-3-13(11)9-17)14-7-15(18)10-16(19)8-14;1-5(2-6,3-7)4-8/h2-6,9,14H,7-8,10H2,1H3;6-8H,2-4H2,1H3. The van der Waals surface area contributed by atoms with E-state index in [1.165, 1.54) is 0 Å². The molecule has 0 bridgehead atoms. The SMILES string of the molecule is CC(CO)(CO)CO.COc1ccc2cc(C3CC(=O)CC(=O)C3)ccc2c1. The summed E-state index contributed by atoms with van der Waals surface area (Å²) in [6, 6.07) is 12.0. The third kappa shape index (κ3) is 5.61. The molecule has 0 aromatic heterocycles. The molecular weight excluding hydrogens is 360 g/mol. The molecule has 3 rings (SSSR count). The van der Waals surface area contributed by atoms with E-state index in [0.29, 0.717) is 12.8 Å². The molecule has 0 spiro atoms. The Morgan fingerprint density at radius 2 is 1.46 bits per heavy atom. The highest BCUT2D eigenvalue weighted by molar-refractivity contribution is 6.02. The summed E-state index contributed by atoms with van der Waals surface area (Å²) in [6.07, 6.45) is 1.07. The molecule has 1 saturated carbocycles. The number of hydrogen-bond donors (Lipinski definition) is 3. The van der Waals surface area contributed by atoms with Gasteiger partial charge in [0.1, 0.15) is 17.3 Å². The van der Waals surface area contributed by atoms with E-state index in [1.54, 1.807) is 14.0 Å². The summed E-state index contributed by atoms with van der Waals surface area (Å²) in [4.78, 5) is 23.1. The molecular formula is C22H28O6. The molecule has 2 aromatic carbocycles. The van der Waals surface area contributed by atoms with Crippen LogP contribution in [0.2, 0.25) is 0 Å². The lowest BCUT2D eigenvalue weighted by molar-refractivity contribution is -0.130. The number of Topliss-reactive ketones (excluding diaryl/α,β-unsaturated/α-hetero) is 2. The van der Waals surface area contributed by atoms with Gasteiger partial charge in [0.15, 0.2) is 0 Å². The van der Waals surface area contributed by atoms with Crippen molar-refractivity contribution in [2.24, 2.45) is 5.41 Å². The van der Waals surface area contributed by atoms with E-state index in [4.69, 9.17) is 20.1 Å². The molecule has 0 aliphatic heterocycles. The van der Waals surface area contributed by atoms with Crippen molar-refractivity contribution in [3.05, 3.63) is 42.0 Å². The van der Waals surface area contributed by atoms with Crippen LogP contribution in [0, 0.1) is 5.41 Å². The fraction of sp³-hybridized carbons (Fsp3) is 0.455. The van der Waals surface area contributed by atoms with Crippen LogP contribution in [0.25, 0.3) is 10.8 Å². The normalized spacial score (nSPS) is 15.3. The van der Waals surface area contributed by atoms with Gasteiger partial charge in [0.05, 0.1) is 33.4 Å². The molecule has 152 valence electrons. The van der Waals surface area contributed by atoms with Crippen LogP contribution in [-0.4, -0.2) is 53.8 Å². The van der Waals surface area contributed by atoms with Crippen molar-refractivity contribution < 1.29 is 29.6 Å². The van der Waals surface area contributed by atoms with Gasteiger partial charge >= 0.3 is 0 Å². The van der Waals surface area contributed by atoms with Gasteiger partial charge in [0.2, 0.25) is 0 Å². The Morgan fingerprint density at radius 1 is 0.929 bits per heavy atom. The fourth-order valence-corrected chi connectivity index (χ4v) is 2.99. The van der Waals surface area contributed by atoms with Gasteiger partial charge in [0.25, 0.3) is 0 Å². The number of aliphatic hydroxyl groups is 3. The van der Waals surface area contributed by atoms with Crippen molar-refractivity contribution >= 4 is 22.3 Å². The van der Waals surface area contributed by atoms with E-state index in [9.17, 15) is 9.59 Å². The van der Waals surface area contributed by atoms with Crippen LogP contribution < -0.4 is 4.74 Å². The third-order valence-electron chi connectivity index (χ3n) is 5.03. The molecule has 0 atom stereocenters. The van der Waals surface area contributed by atoms with Crippen molar-refractivity contribution in [1.82, 2.24) is 0 Å². The first-order valence-electron chi connectivity index (χ1n) is 9.28. The first-order valence-corrected chi connectivity index (χ1v) is 9.28. The first kappa shape index (κ1) is 22.0. The Balaban J connectivity index is 0.000000300. The summed E-state index contributed by atoms with van der Waals surface area (Å²) in [6.45, 7) is 1.06. The van der Waals surface area contributed by atoms with Crippen LogP contribution in [0.5, 0.6) is 5.75 Å². The van der Waals surface area contributed by atoms with Crippen LogP contribution in [0.1, 0.15) is 37.7 Å². The van der Waals surface area contributed by atoms with Crippen molar-refractivity contribution in [2.45, 2.75) is 32.1 Å². The highest BCUT2D eigenvalue weighted by Crippen LogP contribution is 2.32. The molecule has 0 radical (unpaired) electrons. The molecule has 6 nitrogen and oxygen atoms in total. The molecule has 3 N–H and O–H groups in total. The Kier molecular flexibility index (Phi) is 7.69. The van der Waals surface area contributed by atoms with E-state index < -0.39 is 5.41 Å². The van der Waals surface area contributed by atoms with Crippen molar-refractivity contribution in [3.63, 3.8) is 0 Å². The van der Waals surface area contributed by atoms with Crippen molar-refractivity contribution in [2.75, 3.05) is 26.9 Å². The summed E-state index contributed by atoms with van der Waals surface area (Å²) >= 11 is 0. The lowest BCUT2D eigenvalue weighted by Crippen LogP contribution is -2.29. The topological polar surface area (TPSA) is 104 Å². The molecule has 1 aliphatic carbocycles. The van der Waals surface area contributed by atoms with Gasteiger partial charge in [-0.25, -0.2) is 0 Å². The lowest BCUT2D eigenvalue weighted by atomic mass is 9.82. The maximum absolute atomic E-state index is 11.6. The molecule has 0 amide bonds. The second-order valence-electron chi connectivity index (χ2n) is 7.62. The number of hydrogen-bond acceptors (Lipinski definition) is 6. The molecule has 1 aliphatic rings. The van der Waals surface area contributed by atoms with Gasteiger partial charge in [-0.2, -0.15) is 0 Å². The van der Waals surface area contributed by atoms with Crippen LogP contribution >= 0.6 is 0 Å². The summed E-state index contributed by atoms with van der Waals surface area (Å²) in [5.41, 5.74) is 0.365. The number of ketones is 2. The number of benzene rings is 2. The van der Waals surface area contributed by atoms with Crippen LogP contribution in [0.4, 0.5) is 0 Å². The monoisotopic (exact) mass is 388 g/mol. The fourth-order valence-electron chi connectivity index (χ4n) is 2.99. The molecule has 0 heterocycles. The van der Waals surface area contributed by atoms with Crippen molar-refractivity contribution in [1.29, 1.82) is 0 Å². The predicted molar refractivity (Wildman–Crippen MR) is 106 cm³/mol. The van der Waals surface area contributed by atoms with Gasteiger partial charge in [-0.15, -0.1) is 0 Å². The Morgan fingerprint density at radius 3 is 1.96 bits per heavy atom. The van der Waals surface area contributed by atoms with Gasteiger partial charge in [-0.05, 0) is 34.4 Å². The first-order chi connectivity index (χ1) is 13.3. The number of carbonyl (C=O) groups excluding carboxylic acids is 2. The van der Waals surface area contributed by atoms with Crippen LogP contribution in [0.15, 0.2) is 36.4 Å². The zero-order valence-corrected chi connectivity index (χ0v) is 16.4. The van der Waals surface area contributed by atoms with E-state index in [1.807, 2.05) is 30.3 Å². The third-order valence-corrected chi connectivity index (χ3v) is 5.03. The minimum atomic E-state index is -0.708. The van der Waals surface area contributed by atoms with Crippen LogP contribution in [-0.2, 0) is 9.59 Å². The smallest absolute Gasteiger partial charge is 0.140 e. The molecule has 2 aromatic rings. The second kappa shape index (κ2) is 9.78. The van der Waals surface area contributed by atoms with E-state index >= 15 is 0 Å². The molecule has 28 heavy (non-hydrogen) atoms. The summed E-state index contributed by atoms with van der Waals surface area (Å²) < 4.78 is 5.21. The highest BCUT2D eigenvalue weighted by Gasteiger charge is 2.26. The number of fused-ring (bicyclic) bond motifs is 1. The van der Waals surface area contributed by atoms with E-state index in [-0.39, 0.29) is 43.7 Å². The zero-order chi connectivity index (χ0) is 20.7. The Labute approximate surface area is 164 Å². The van der Waals surface area contributed by atoms with Gasteiger partial charge in [0, 0.05) is 18.3 Å². The summed E-state index contributed by atoms with van der Waals surface area (Å²) in [5, 5.41) is 27.6. The number of methoxy groups -OCH3 is 1. The minimum absolute atomic E-state index is 0.0373. The predicted octanol–water partition coefficient (Wildman–Crippen LogP) is 2.22. The number of aliphatic hydroxyl groups excluding tert-OH is 3. The average Bonchev–Trinajstić information content (AvgIpc) is 2.72. The van der Waals surface area contributed by atoms with Gasteiger partial charge in [-0.3, -0.25) is 9.59 Å². The van der Waals surface area contributed by atoms with Crippen LogP contribution in [0.3, 0.4) is 0 Å². The van der Waals surface area contributed by atoms with E-state index in [0.717, 1.165) is 22.1 Å². The molecule has 6 heteroatoms. The quantitative estimate of drug-likeness (QED) is 0.679. The van der Waals surface area contributed by atoms with E-state index in [2.05, 4.69) is 6.07 Å².